The molecule has 0 radical (unpaired) electrons. The topological polar surface area (TPSA) is 110 Å². The van der Waals surface area contributed by atoms with Gasteiger partial charge in [-0.05, 0) is 44.2 Å². The maximum absolute atomic E-state index is 12.5. The van der Waals surface area contributed by atoms with Crippen LogP contribution in [0.15, 0.2) is 18.2 Å². The fourth-order valence-corrected chi connectivity index (χ4v) is 2.83. The molecule has 1 saturated carbocycles. The molecular formula is C17H27ClN4O3. The van der Waals surface area contributed by atoms with Gasteiger partial charge < -0.3 is 16.4 Å². The lowest BCUT2D eigenvalue weighted by atomic mass is 9.90. The SMILES string of the molecule is CC(C)CC(C)(CN)NC(=O)c1ccc(NC2CC2)c([N+](=O)[O-])c1.Cl. The number of nitro groups is 1. The summed E-state index contributed by atoms with van der Waals surface area (Å²) in [6.45, 7) is 6.31. The van der Waals surface area contributed by atoms with Crippen LogP contribution in [0.25, 0.3) is 0 Å². The summed E-state index contributed by atoms with van der Waals surface area (Å²) in [5, 5.41) is 17.3. The Hall–Kier alpha value is -1.86. The smallest absolute Gasteiger partial charge is 0.293 e. The summed E-state index contributed by atoms with van der Waals surface area (Å²) in [5.74, 6) is 0.0305. The molecule has 7 nitrogen and oxygen atoms in total. The number of nitrogens with zero attached hydrogens (tertiary/aromatic N) is 1. The summed E-state index contributed by atoms with van der Waals surface area (Å²) in [5.41, 5.74) is 5.93. The lowest BCUT2D eigenvalue weighted by molar-refractivity contribution is -0.384. The highest BCUT2D eigenvalue weighted by Gasteiger charge is 2.28. The third-order valence-corrected chi connectivity index (χ3v) is 4.12. The number of carbonyl (C=O) groups is 1. The summed E-state index contributed by atoms with van der Waals surface area (Å²) in [7, 11) is 0. The lowest BCUT2D eigenvalue weighted by Crippen LogP contribution is -2.52. The molecule has 0 spiro atoms. The lowest BCUT2D eigenvalue weighted by Gasteiger charge is -2.31. The molecule has 0 aromatic heterocycles. The number of halogens is 1. The second-order valence-corrected chi connectivity index (χ2v) is 7.22. The molecule has 1 aliphatic rings. The maximum Gasteiger partial charge on any atom is 0.293 e. The number of nitrogens with two attached hydrogens (primary N) is 1. The van der Waals surface area contributed by atoms with Crippen molar-refractivity contribution in [1.82, 2.24) is 5.32 Å². The van der Waals surface area contributed by atoms with Gasteiger partial charge in [-0.25, -0.2) is 0 Å². The van der Waals surface area contributed by atoms with Gasteiger partial charge in [-0.15, -0.1) is 12.4 Å². The van der Waals surface area contributed by atoms with Gasteiger partial charge in [0, 0.05) is 29.8 Å². The Morgan fingerprint density at radius 2 is 2.08 bits per heavy atom. The van der Waals surface area contributed by atoms with Crippen LogP contribution < -0.4 is 16.4 Å². The first-order valence-electron chi connectivity index (χ1n) is 8.31. The quantitative estimate of drug-likeness (QED) is 0.481. The first-order valence-corrected chi connectivity index (χ1v) is 8.31. The Labute approximate surface area is 154 Å². The summed E-state index contributed by atoms with van der Waals surface area (Å²) in [6.07, 6.45) is 2.77. The van der Waals surface area contributed by atoms with Crippen molar-refractivity contribution < 1.29 is 9.72 Å². The van der Waals surface area contributed by atoms with Crippen LogP contribution in [0, 0.1) is 16.0 Å². The molecule has 0 heterocycles. The molecule has 1 aromatic rings. The van der Waals surface area contributed by atoms with Crippen molar-refractivity contribution >= 4 is 29.7 Å². The summed E-state index contributed by atoms with van der Waals surface area (Å²) in [4.78, 5) is 23.4. The number of hydrogen-bond donors (Lipinski definition) is 3. The summed E-state index contributed by atoms with van der Waals surface area (Å²) < 4.78 is 0. The van der Waals surface area contributed by atoms with Crippen LogP contribution in [0.4, 0.5) is 11.4 Å². The zero-order valence-electron chi connectivity index (χ0n) is 14.9. The van der Waals surface area contributed by atoms with Crippen LogP contribution in [-0.2, 0) is 0 Å². The predicted octanol–water partition coefficient (Wildman–Crippen LogP) is 3.08. The number of benzene rings is 1. The number of carbonyl (C=O) groups excluding carboxylic acids is 1. The molecule has 4 N–H and O–H groups in total. The van der Waals surface area contributed by atoms with E-state index in [-0.39, 0.29) is 29.6 Å². The molecular weight excluding hydrogens is 344 g/mol. The first-order chi connectivity index (χ1) is 11.2. The second kappa shape index (κ2) is 8.49. The zero-order valence-corrected chi connectivity index (χ0v) is 15.7. The minimum atomic E-state index is -0.537. The number of rotatable bonds is 8. The van der Waals surface area contributed by atoms with Crippen molar-refractivity contribution in [1.29, 1.82) is 0 Å². The number of nitro benzene ring substituents is 1. The molecule has 1 unspecified atom stereocenters. The minimum Gasteiger partial charge on any atom is -0.377 e. The maximum atomic E-state index is 12.5. The summed E-state index contributed by atoms with van der Waals surface area (Å²) >= 11 is 0. The Morgan fingerprint density at radius 3 is 2.56 bits per heavy atom. The third kappa shape index (κ3) is 5.86. The molecule has 140 valence electrons. The van der Waals surface area contributed by atoms with Crippen LogP contribution in [-0.4, -0.2) is 29.0 Å². The van der Waals surface area contributed by atoms with E-state index in [0.717, 1.165) is 19.3 Å². The largest absolute Gasteiger partial charge is 0.377 e. The van der Waals surface area contributed by atoms with E-state index in [2.05, 4.69) is 24.5 Å². The Kier molecular flexibility index (Phi) is 7.19. The van der Waals surface area contributed by atoms with Crippen LogP contribution >= 0.6 is 12.4 Å². The standard InChI is InChI=1S/C17H26N4O3.ClH/c1-11(2)9-17(3,10-18)20-16(22)12-4-7-14(19-13-5-6-13)15(8-12)21(23)24;/h4,7-8,11,13,19H,5-6,9-10,18H2,1-3H3,(H,20,22);1H. The molecule has 25 heavy (non-hydrogen) atoms. The van der Waals surface area contributed by atoms with Gasteiger partial charge in [0.05, 0.1) is 4.92 Å². The van der Waals surface area contributed by atoms with E-state index in [1.165, 1.54) is 6.07 Å². The number of amides is 1. The Balaban J connectivity index is 0.00000312. The highest BCUT2D eigenvalue weighted by molar-refractivity contribution is 5.96. The van der Waals surface area contributed by atoms with E-state index in [0.29, 0.717) is 24.2 Å². The average Bonchev–Trinajstić information content (AvgIpc) is 3.30. The van der Waals surface area contributed by atoms with E-state index in [1.807, 2.05) is 6.92 Å². The molecule has 1 fully saturated rings. The van der Waals surface area contributed by atoms with E-state index in [9.17, 15) is 14.9 Å². The van der Waals surface area contributed by atoms with Gasteiger partial charge in [0.2, 0.25) is 0 Å². The highest BCUT2D eigenvalue weighted by atomic mass is 35.5. The molecule has 1 aliphatic carbocycles. The van der Waals surface area contributed by atoms with Crippen molar-refractivity contribution in [3.63, 3.8) is 0 Å². The van der Waals surface area contributed by atoms with Crippen LogP contribution in [0.3, 0.4) is 0 Å². The van der Waals surface area contributed by atoms with E-state index < -0.39 is 10.5 Å². The molecule has 0 bridgehead atoms. The van der Waals surface area contributed by atoms with Gasteiger partial charge in [0.1, 0.15) is 5.69 Å². The minimum absolute atomic E-state index is 0. The summed E-state index contributed by atoms with van der Waals surface area (Å²) in [6, 6.07) is 4.84. The Bertz CT molecular complexity index is 634. The van der Waals surface area contributed by atoms with E-state index >= 15 is 0 Å². The average molecular weight is 371 g/mol. The molecule has 1 atom stereocenters. The number of anilines is 1. The van der Waals surface area contributed by atoms with Crippen LogP contribution in [0.1, 0.15) is 50.4 Å². The van der Waals surface area contributed by atoms with Gasteiger partial charge in [-0.3, -0.25) is 14.9 Å². The van der Waals surface area contributed by atoms with Crippen molar-refractivity contribution in [2.75, 3.05) is 11.9 Å². The van der Waals surface area contributed by atoms with Crippen molar-refractivity contribution in [3.05, 3.63) is 33.9 Å². The second-order valence-electron chi connectivity index (χ2n) is 7.22. The van der Waals surface area contributed by atoms with Crippen LogP contribution in [0.2, 0.25) is 0 Å². The fraction of sp³-hybridized carbons (Fsp3) is 0.588. The third-order valence-electron chi connectivity index (χ3n) is 4.12. The van der Waals surface area contributed by atoms with Crippen molar-refractivity contribution in [3.8, 4) is 0 Å². The number of hydrogen-bond acceptors (Lipinski definition) is 5. The van der Waals surface area contributed by atoms with E-state index in [4.69, 9.17) is 5.73 Å². The van der Waals surface area contributed by atoms with Gasteiger partial charge in [-0.1, -0.05) is 13.8 Å². The molecule has 0 saturated heterocycles. The first kappa shape index (κ1) is 21.2. The van der Waals surface area contributed by atoms with E-state index in [1.54, 1.807) is 12.1 Å². The zero-order chi connectivity index (χ0) is 17.9. The molecule has 2 rings (SSSR count). The Morgan fingerprint density at radius 1 is 1.44 bits per heavy atom. The van der Waals surface area contributed by atoms with Gasteiger partial charge >= 0.3 is 0 Å². The number of nitrogens with one attached hydrogen (secondary N) is 2. The normalized spacial score (nSPS) is 15.9. The molecule has 1 amide bonds. The molecule has 0 aliphatic heterocycles. The highest BCUT2D eigenvalue weighted by Crippen LogP contribution is 2.31. The van der Waals surface area contributed by atoms with Crippen LogP contribution in [0.5, 0.6) is 0 Å². The van der Waals surface area contributed by atoms with Crippen molar-refractivity contribution in [2.45, 2.75) is 51.6 Å². The van der Waals surface area contributed by atoms with Gasteiger partial charge in [-0.2, -0.15) is 0 Å². The van der Waals surface area contributed by atoms with Gasteiger partial charge in [0.25, 0.3) is 11.6 Å². The van der Waals surface area contributed by atoms with Crippen molar-refractivity contribution in [2.24, 2.45) is 11.7 Å². The molecule has 8 heteroatoms. The predicted molar refractivity (Wildman–Crippen MR) is 101 cm³/mol. The van der Waals surface area contributed by atoms with Gasteiger partial charge in [0.15, 0.2) is 0 Å². The fourth-order valence-electron chi connectivity index (χ4n) is 2.83. The monoisotopic (exact) mass is 370 g/mol. The molecule has 1 aromatic carbocycles.